The fourth-order valence-corrected chi connectivity index (χ4v) is 3.39. The van der Waals surface area contributed by atoms with Crippen LogP contribution in [0.1, 0.15) is 16.7 Å². The molecule has 3 rings (SSSR count). The molecule has 0 aromatic heterocycles. The second-order valence-electron chi connectivity index (χ2n) is 6.60. The van der Waals surface area contributed by atoms with Crippen molar-refractivity contribution in [1.29, 1.82) is 5.26 Å². The molecule has 0 unspecified atom stereocenters. The Balaban J connectivity index is 1.79. The van der Waals surface area contributed by atoms with Crippen LogP contribution in [0, 0.1) is 18.3 Å². The third-order valence-electron chi connectivity index (χ3n) is 4.31. The SMILES string of the molecule is COc1ccc(CC(=O)Nc2ccc(S)cc2C)cc1Oc1cc(Cl)cc(C#N)c1. The summed E-state index contributed by atoms with van der Waals surface area (Å²) in [6.45, 7) is 1.91. The standard InChI is InChI=1S/C23H19ClN2O3S/c1-14-7-19(30)4-5-20(14)26-23(27)11-15-3-6-21(28-2)22(10-15)29-18-9-16(13-25)8-17(24)12-18/h3-10,12,30H,11H2,1-2H3,(H,26,27). The van der Waals surface area contributed by atoms with Crippen LogP contribution in [-0.2, 0) is 11.2 Å². The summed E-state index contributed by atoms with van der Waals surface area (Å²) in [4.78, 5) is 13.4. The molecule has 0 saturated carbocycles. The van der Waals surface area contributed by atoms with E-state index >= 15 is 0 Å². The number of ether oxygens (including phenoxy) is 2. The van der Waals surface area contributed by atoms with E-state index in [1.165, 1.54) is 7.11 Å². The molecule has 30 heavy (non-hydrogen) atoms. The van der Waals surface area contributed by atoms with Crippen LogP contribution in [0.3, 0.4) is 0 Å². The Morgan fingerprint density at radius 1 is 1.13 bits per heavy atom. The number of anilines is 1. The lowest BCUT2D eigenvalue weighted by atomic mass is 10.1. The molecule has 0 radical (unpaired) electrons. The van der Waals surface area contributed by atoms with Gasteiger partial charge in [-0.3, -0.25) is 4.79 Å². The number of aryl methyl sites for hydroxylation is 1. The molecule has 1 N–H and O–H groups in total. The van der Waals surface area contributed by atoms with Crippen molar-refractivity contribution in [2.45, 2.75) is 18.2 Å². The van der Waals surface area contributed by atoms with Crippen LogP contribution in [0.15, 0.2) is 59.5 Å². The van der Waals surface area contributed by atoms with Gasteiger partial charge >= 0.3 is 0 Å². The first-order valence-electron chi connectivity index (χ1n) is 9.03. The Labute approximate surface area is 185 Å². The lowest BCUT2D eigenvalue weighted by molar-refractivity contribution is -0.115. The number of carbonyl (C=O) groups excluding carboxylic acids is 1. The van der Waals surface area contributed by atoms with Crippen molar-refractivity contribution in [3.8, 4) is 23.3 Å². The average molecular weight is 439 g/mol. The van der Waals surface area contributed by atoms with Crippen LogP contribution in [-0.4, -0.2) is 13.0 Å². The van der Waals surface area contributed by atoms with E-state index in [1.807, 2.05) is 31.2 Å². The summed E-state index contributed by atoms with van der Waals surface area (Å²) in [5, 5.41) is 12.4. The molecule has 3 aromatic rings. The quantitative estimate of drug-likeness (QED) is 0.478. The first kappa shape index (κ1) is 21.6. The van der Waals surface area contributed by atoms with Crippen LogP contribution in [0.5, 0.6) is 17.2 Å². The maximum atomic E-state index is 12.5. The van der Waals surface area contributed by atoms with Gasteiger partial charge in [-0.1, -0.05) is 17.7 Å². The van der Waals surface area contributed by atoms with Crippen LogP contribution >= 0.6 is 24.2 Å². The van der Waals surface area contributed by atoms with E-state index in [0.717, 1.165) is 21.7 Å². The summed E-state index contributed by atoms with van der Waals surface area (Å²) in [7, 11) is 1.53. The Morgan fingerprint density at radius 3 is 2.63 bits per heavy atom. The maximum absolute atomic E-state index is 12.5. The van der Waals surface area contributed by atoms with E-state index in [1.54, 1.807) is 36.4 Å². The number of methoxy groups -OCH3 is 1. The van der Waals surface area contributed by atoms with Gasteiger partial charge in [0.05, 0.1) is 25.2 Å². The second kappa shape index (κ2) is 9.57. The summed E-state index contributed by atoms with van der Waals surface area (Å²) >= 11 is 10.3. The molecule has 7 heteroatoms. The molecule has 0 fully saturated rings. The number of hydrogen-bond donors (Lipinski definition) is 2. The number of nitrogens with zero attached hydrogens (tertiary/aromatic N) is 1. The minimum Gasteiger partial charge on any atom is -0.493 e. The van der Waals surface area contributed by atoms with E-state index in [2.05, 4.69) is 17.9 Å². The molecule has 1 amide bonds. The van der Waals surface area contributed by atoms with E-state index in [9.17, 15) is 4.79 Å². The Kier molecular flexibility index (Phi) is 6.88. The summed E-state index contributed by atoms with van der Waals surface area (Å²) in [5.74, 6) is 1.17. The number of benzene rings is 3. The van der Waals surface area contributed by atoms with E-state index in [4.69, 9.17) is 26.3 Å². The van der Waals surface area contributed by atoms with Gasteiger partial charge in [0.25, 0.3) is 0 Å². The largest absolute Gasteiger partial charge is 0.493 e. The van der Waals surface area contributed by atoms with Gasteiger partial charge in [-0.15, -0.1) is 12.6 Å². The van der Waals surface area contributed by atoms with E-state index < -0.39 is 0 Å². The van der Waals surface area contributed by atoms with E-state index in [-0.39, 0.29) is 12.3 Å². The molecular formula is C23H19ClN2O3S. The van der Waals surface area contributed by atoms with Crippen LogP contribution in [0.25, 0.3) is 0 Å². The van der Waals surface area contributed by atoms with Crippen LogP contribution in [0.2, 0.25) is 5.02 Å². The minimum atomic E-state index is -0.157. The van der Waals surface area contributed by atoms with Gasteiger partial charge in [-0.2, -0.15) is 5.26 Å². The average Bonchev–Trinajstić information content (AvgIpc) is 2.70. The molecule has 0 aliphatic heterocycles. The van der Waals surface area contributed by atoms with Gasteiger partial charge in [0.2, 0.25) is 5.91 Å². The third-order valence-corrected chi connectivity index (χ3v) is 4.80. The molecule has 0 aliphatic rings. The lowest BCUT2D eigenvalue weighted by Crippen LogP contribution is -2.15. The first-order chi connectivity index (χ1) is 14.4. The first-order valence-corrected chi connectivity index (χ1v) is 9.85. The number of carbonyl (C=O) groups is 1. The fraction of sp³-hybridized carbons (Fsp3) is 0.130. The molecule has 0 aliphatic carbocycles. The number of hydrogen-bond acceptors (Lipinski definition) is 5. The van der Waals surface area contributed by atoms with Crippen molar-refractivity contribution < 1.29 is 14.3 Å². The van der Waals surface area contributed by atoms with Crippen molar-refractivity contribution in [2.75, 3.05) is 12.4 Å². The molecule has 0 saturated heterocycles. The molecule has 5 nitrogen and oxygen atoms in total. The number of rotatable bonds is 6. The monoisotopic (exact) mass is 438 g/mol. The summed E-state index contributed by atoms with van der Waals surface area (Å²) in [6, 6.07) is 17.6. The molecule has 0 heterocycles. The molecule has 0 bridgehead atoms. The molecule has 3 aromatic carbocycles. The number of nitriles is 1. The van der Waals surface area contributed by atoms with Crippen molar-refractivity contribution in [3.63, 3.8) is 0 Å². The molecule has 152 valence electrons. The molecule has 0 atom stereocenters. The molecule has 0 spiro atoms. The van der Waals surface area contributed by atoms with E-state index in [0.29, 0.717) is 27.8 Å². The van der Waals surface area contributed by atoms with Gasteiger partial charge in [0.1, 0.15) is 5.75 Å². The lowest BCUT2D eigenvalue weighted by Gasteiger charge is -2.13. The van der Waals surface area contributed by atoms with Crippen molar-refractivity contribution in [3.05, 3.63) is 76.3 Å². The van der Waals surface area contributed by atoms with Gasteiger partial charge in [-0.05, 0) is 66.6 Å². The van der Waals surface area contributed by atoms with Gasteiger partial charge in [0, 0.05) is 15.6 Å². The minimum absolute atomic E-state index is 0.154. The normalized spacial score (nSPS) is 10.2. The fourth-order valence-electron chi connectivity index (χ4n) is 2.89. The van der Waals surface area contributed by atoms with Gasteiger partial charge in [-0.25, -0.2) is 0 Å². The van der Waals surface area contributed by atoms with Gasteiger partial charge < -0.3 is 14.8 Å². The topological polar surface area (TPSA) is 71.3 Å². The number of amides is 1. The van der Waals surface area contributed by atoms with Crippen molar-refractivity contribution >= 4 is 35.8 Å². The predicted octanol–water partition coefficient (Wildman–Crippen LogP) is 5.79. The number of thiol groups is 1. The Morgan fingerprint density at radius 2 is 1.93 bits per heavy atom. The summed E-state index contributed by atoms with van der Waals surface area (Å²) in [6.07, 6.45) is 0.154. The highest BCUT2D eigenvalue weighted by Crippen LogP contribution is 2.34. The highest BCUT2D eigenvalue weighted by Gasteiger charge is 2.12. The zero-order valence-electron chi connectivity index (χ0n) is 16.4. The van der Waals surface area contributed by atoms with Crippen molar-refractivity contribution in [1.82, 2.24) is 0 Å². The third kappa shape index (κ3) is 5.47. The smallest absolute Gasteiger partial charge is 0.228 e. The molecular weight excluding hydrogens is 420 g/mol. The maximum Gasteiger partial charge on any atom is 0.228 e. The summed E-state index contributed by atoms with van der Waals surface area (Å²) < 4.78 is 11.3. The van der Waals surface area contributed by atoms with Crippen LogP contribution in [0.4, 0.5) is 5.69 Å². The second-order valence-corrected chi connectivity index (χ2v) is 7.55. The van der Waals surface area contributed by atoms with Gasteiger partial charge in [0.15, 0.2) is 11.5 Å². The highest BCUT2D eigenvalue weighted by molar-refractivity contribution is 7.80. The van der Waals surface area contributed by atoms with Crippen molar-refractivity contribution in [2.24, 2.45) is 0 Å². The number of nitrogens with one attached hydrogen (secondary N) is 1. The highest BCUT2D eigenvalue weighted by atomic mass is 35.5. The zero-order valence-corrected chi connectivity index (χ0v) is 18.1. The van der Waals surface area contributed by atoms with Crippen LogP contribution < -0.4 is 14.8 Å². The Hall–Kier alpha value is -3.14. The Bertz CT molecular complexity index is 1140. The zero-order chi connectivity index (χ0) is 21.7. The number of halogens is 1. The predicted molar refractivity (Wildman–Crippen MR) is 120 cm³/mol. The summed E-state index contributed by atoms with van der Waals surface area (Å²) in [5.41, 5.74) is 2.80.